The zero-order valence-corrected chi connectivity index (χ0v) is 11.4. The molecule has 0 saturated heterocycles. The summed E-state index contributed by atoms with van der Waals surface area (Å²) in [6, 6.07) is 9.36. The molecule has 0 amide bonds. The molecule has 0 saturated carbocycles. The molecule has 4 nitrogen and oxygen atoms in total. The number of fused-ring (bicyclic) bond motifs is 2. The highest BCUT2D eigenvalue weighted by atomic mass is 32.2. The lowest BCUT2D eigenvalue weighted by Gasteiger charge is -2.22. The second-order valence-electron chi connectivity index (χ2n) is 4.11. The number of rotatable bonds is 2. The van der Waals surface area contributed by atoms with Crippen LogP contribution in [0.25, 0.3) is 0 Å². The van der Waals surface area contributed by atoms with Gasteiger partial charge in [-0.3, -0.25) is 0 Å². The molecule has 0 radical (unpaired) electrons. The second kappa shape index (κ2) is 4.59. The van der Waals surface area contributed by atoms with Crippen LogP contribution >= 0.6 is 11.8 Å². The number of methoxy groups -OCH3 is 2. The maximum atomic E-state index is 9.82. The molecule has 1 aliphatic heterocycles. The van der Waals surface area contributed by atoms with Gasteiger partial charge in [-0.15, -0.1) is 0 Å². The highest BCUT2D eigenvalue weighted by molar-refractivity contribution is 7.99. The van der Waals surface area contributed by atoms with Gasteiger partial charge in [-0.1, -0.05) is 11.8 Å². The van der Waals surface area contributed by atoms with Crippen molar-refractivity contribution in [3.05, 3.63) is 30.3 Å². The number of nitrogens with one attached hydrogen (secondary N) is 1. The van der Waals surface area contributed by atoms with Crippen molar-refractivity contribution in [2.45, 2.75) is 9.79 Å². The normalized spacial score (nSPS) is 12.1. The lowest BCUT2D eigenvalue weighted by Crippen LogP contribution is -2.00. The Kier molecular flexibility index (Phi) is 2.91. The van der Waals surface area contributed by atoms with E-state index in [0.717, 1.165) is 26.9 Å². The predicted octanol–water partition coefficient (Wildman–Crippen LogP) is 3.62. The highest BCUT2D eigenvalue weighted by Crippen LogP contribution is 2.48. The van der Waals surface area contributed by atoms with Gasteiger partial charge in [0.15, 0.2) is 11.5 Å². The molecule has 0 bridgehead atoms. The Balaban J connectivity index is 2.04. The smallest absolute Gasteiger partial charge is 0.162 e. The van der Waals surface area contributed by atoms with Crippen molar-refractivity contribution in [2.75, 3.05) is 19.5 Å². The van der Waals surface area contributed by atoms with Crippen LogP contribution in [0.1, 0.15) is 0 Å². The van der Waals surface area contributed by atoms with Crippen molar-refractivity contribution in [2.24, 2.45) is 0 Å². The van der Waals surface area contributed by atoms with Gasteiger partial charge in [-0.05, 0) is 24.3 Å². The van der Waals surface area contributed by atoms with Gasteiger partial charge >= 0.3 is 0 Å². The molecule has 0 unspecified atom stereocenters. The first-order valence-electron chi connectivity index (χ1n) is 5.75. The van der Waals surface area contributed by atoms with Crippen LogP contribution in [0, 0.1) is 0 Å². The zero-order valence-electron chi connectivity index (χ0n) is 10.6. The number of hydrogen-bond donors (Lipinski definition) is 2. The van der Waals surface area contributed by atoms with Crippen LogP contribution in [-0.2, 0) is 0 Å². The van der Waals surface area contributed by atoms with Crippen LogP contribution in [0.5, 0.6) is 17.2 Å². The first-order chi connectivity index (χ1) is 9.21. The van der Waals surface area contributed by atoms with Gasteiger partial charge in [0.2, 0.25) is 0 Å². The zero-order chi connectivity index (χ0) is 13.4. The predicted molar refractivity (Wildman–Crippen MR) is 75.1 cm³/mol. The third kappa shape index (κ3) is 2.06. The molecule has 0 aliphatic carbocycles. The van der Waals surface area contributed by atoms with Crippen LogP contribution in [0.3, 0.4) is 0 Å². The molecule has 98 valence electrons. The minimum Gasteiger partial charge on any atom is -0.504 e. The Labute approximate surface area is 115 Å². The summed E-state index contributed by atoms with van der Waals surface area (Å²) in [6.45, 7) is 0. The molecule has 2 aromatic carbocycles. The van der Waals surface area contributed by atoms with E-state index in [1.54, 1.807) is 31.0 Å². The Morgan fingerprint density at radius 3 is 2.53 bits per heavy atom. The molecule has 0 spiro atoms. The number of benzene rings is 2. The fraction of sp³-hybridized carbons (Fsp3) is 0.143. The SMILES string of the molecule is COc1ccc2c(c1)Sc1cc(O)c(OC)cc1N2. The van der Waals surface area contributed by atoms with Gasteiger partial charge in [0, 0.05) is 15.9 Å². The molecule has 2 aromatic rings. The minimum atomic E-state index is 0.141. The Morgan fingerprint density at radius 2 is 1.79 bits per heavy atom. The highest BCUT2D eigenvalue weighted by Gasteiger charge is 2.19. The van der Waals surface area contributed by atoms with Crippen molar-refractivity contribution in [1.29, 1.82) is 0 Å². The van der Waals surface area contributed by atoms with Gasteiger partial charge in [-0.2, -0.15) is 0 Å². The topological polar surface area (TPSA) is 50.7 Å². The van der Waals surface area contributed by atoms with Crippen LogP contribution < -0.4 is 14.8 Å². The Bertz CT molecular complexity index is 643. The van der Waals surface area contributed by atoms with Crippen LogP contribution in [0.2, 0.25) is 0 Å². The summed E-state index contributed by atoms with van der Waals surface area (Å²) in [7, 11) is 3.18. The summed E-state index contributed by atoms with van der Waals surface area (Å²) in [6.07, 6.45) is 0. The first kappa shape index (κ1) is 12.0. The number of phenolic OH excluding ortho intramolecular Hbond substituents is 1. The van der Waals surface area contributed by atoms with Crippen LogP contribution in [-0.4, -0.2) is 19.3 Å². The molecular formula is C14H13NO3S. The van der Waals surface area contributed by atoms with Gasteiger partial charge in [0.1, 0.15) is 5.75 Å². The molecule has 5 heteroatoms. The molecule has 1 heterocycles. The van der Waals surface area contributed by atoms with Crippen LogP contribution in [0.15, 0.2) is 40.1 Å². The first-order valence-corrected chi connectivity index (χ1v) is 6.57. The van der Waals surface area contributed by atoms with E-state index in [1.165, 1.54) is 7.11 Å². The van der Waals surface area contributed by atoms with E-state index >= 15 is 0 Å². The maximum absolute atomic E-state index is 9.82. The molecule has 3 rings (SSSR count). The van der Waals surface area contributed by atoms with E-state index in [2.05, 4.69) is 5.32 Å². The quantitative estimate of drug-likeness (QED) is 0.700. The largest absolute Gasteiger partial charge is 0.504 e. The van der Waals surface area contributed by atoms with Gasteiger partial charge in [0.25, 0.3) is 0 Å². The average Bonchev–Trinajstić information content (AvgIpc) is 2.44. The summed E-state index contributed by atoms with van der Waals surface area (Å²) in [5, 5.41) is 13.2. The summed E-state index contributed by atoms with van der Waals surface area (Å²) < 4.78 is 10.3. The summed E-state index contributed by atoms with van der Waals surface area (Å²) >= 11 is 1.59. The average molecular weight is 275 g/mol. The maximum Gasteiger partial charge on any atom is 0.162 e. The van der Waals surface area contributed by atoms with Crippen molar-refractivity contribution in [1.82, 2.24) is 0 Å². The van der Waals surface area contributed by atoms with E-state index in [1.807, 2.05) is 18.2 Å². The van der Waals surface area contributed by atoms with Crippen molar-refractivity contribution in [3.8, 4) is 17.2 Å². The van der Waals surface area contributed by atoms with Crippen molar-refractivity contribution >= 4 is 23.1 Å². The van der Waals surface area contributed by atoms with Crippen molar-refractivity contribution < 1.29 is 14.6 Å². The lowest BCUT2D eigenvalue weighted by atomic mass is 10.2. The molecular weight excluding hydrogens is 262 g/mol. The number of hydrogen-bond acceptors (Lipinski definition) is 5. The van der Waals surface area contributed by atoms with Gasteiger partial charge in [-0.25, -0.2) is 0 Å². The van der Waals surface area contributed by atoms with Gasteiger partial charge < -0.3 is 19.9 Å². The molecule has 0 fully saturated rings. The monoisotopic (exact) mass is 275 g/mol. The summed E-state index contributed by atoms with van der Waals surface area (Å²) in [4.78, 5) is 2.02. The molecule has 2 N–H and O–H groups in total. The molecule has 1 aliphatic rings. The summed E-state index contributed by atoms with van der Waals surface area (Å²) in [5.74, 6) is 1.42. The molecule has 0 aromatic heterocycles. The second-order valence-corrected chi connectivity index (χ2v) is 5.19. The third-order valence-corrected chi connectivity index (χ3v) is 4.07. The Morgan fingerprint density at radius 1 is 1.00 bits per heavy atom. The fourth-order valence-corrected chi connectivity index (χ4v) is 3.01. The minimum absolute atomic E-state index is 0.141. The molecule has 0 atom stereocenters. The number of ether oxygens (including phenoxy) is 2. The van der Waals surface area contributed by atoms with E-state index in [4.69, 9.17) is 9.47 Å². The standard InChI is InChI=1S/C14H13NO3S/c1-17-8-3-4-9-13(5-8)19-14-7-11(16)12(18-2)6-10(14)15-9/h3-7,15-16H,1-2H3. The summed E-state index contributed by atoms with van der Waals surface area (Å²) in [5.41, 5.74) is 1.95. The van der Waals surface area contributed by atoms with Crippen molar-refractivity contribution in [3.63, 3.8) is 0 Å². The fourth-order valence-electron chi connectivity index (χ4n) is 1.98. The third-order valence-electron chi connectivity index (χ3n) is 2.96. The van der Waals surface area contributed by atoms with E-state index < -0.39 is 0 Å². The lowest BCUT2D eigenvalue weighted by molar-refractivity contribution is 0.373. The number of anilines is 2. The van der Waals surface area contributed by atoms with Gasteiger partial charge in [0.05, 0.1) is 25.6 Å². The Hall–Kier alpha value is -2.01. The van der Waals surface area contributed by atoms with E-state index in [9.17, 15) is 5.11 Å². The number of aromatic hydroxyl groups is 1. The van der Waals surface area contributed by atoms with E-state index in [-0.39, 0.29) is 5.75 Å². The van der Waals surface area contributed by atoms with Crippen LogP contribution in [0.4, 0.5) is 11.4 Å². The number of phenols is 1. The molecule has 19 heavy (non-hydrogen) atoms. The van der Waals surface area contributed by atoms with E-state index in [0.29, 0.717) is 5.75 Å².